The molecule has 0 aliphatic heterocycles. The molecule has 0 bridgehead atoms. The third kappa shape index (κ3) is 10.7. The fourth-order valence-corrected chi connectivity index (χ4v) is 7.61. The van der Waals surface area contributed by atoms with Crippen LogP contribution in [0.2, 0.25) is 10.0 Å². The second-order valence-electron chi connectivity index (χ2n) is 12.7. The maximum Gasteiger partial charge on any atom is 0.416 e. The van der Waals surface area contributed by atoms with E-state index in [4.69, 9.17) is 32.7 Å². The number of carbonyl (C=O) groups is 3. The van der Waals surface area contributed by atoms with Crippen molar-refractivity contribution >= 4 is 50.9 Å². The van der Waals surface area contributed by atoms with Gasteiger partial charge in [-0.3, -0.25) is 14.4 Å². The molecule has 0 aliphatic rings. The molecule has 4 aromatic carbocycles. The molecule has 0 fully saturated rings. The topological polar surface area (TPSA) is 107 Å². The highest BCUT2D eigenvalue weighted by Gasteiger charge is 2.44. The van der Waals surface area contributed by atoms with Crippen LogP contribution >= 0.6 is 23.2 Å². The van der Waals surface area contributed by atoms with Gasteiger partial charge in [-0.25, -0.2) is 8.42 Å². The van der Waals surface area contributed by atoms with Crippen LogP contribution in [-0.4, -0.2) is 43.7 Å². The summed E-state index contributed by atoms with van der Waals surface area (Å²) in [6.45, 7) is 9.74. The number of carbonyl (C=O) groups excluding carboxylic acids is 3. The number of benzene rings is 4. The molecule has 0 spiro atoms. The van der Waals surface area contributed by atoms with E-state index in [-0.39, 0.29) is 40.3 Å². The Balaban J connectivity index is 1.99. The van der Waals surface area contributed by atoms with E-state index in [0.29, 0.717) is 15.9 Å². The molecule has 1 atom stereocenters. The molecule has 0 N–H and O–H groups in total. The lowest BCUT2D eigenvalue weighted by Gasteiger charge is -2.32. The van der Waals surface area contributed by atoms with Crippen LogP contribution in [0.25, 0.3) is 0 Å². The number of halogens is 5. The second-order valence-corrected chi connectivity index (χ2v) is 15.4. The third-order valence-corrected chi connectivity index (χ3v) is 11.0. The maximum absolute atomic E-state index is 15.3. The first-order valence-electron chi connectivity index (χ1n) is 16.9. The summed E-state index contributed by atoms with van der Waals surface area (Å²) in [7, 11) is -4.83. The molecule has 0 heterocycles. The minimum absolute atomic E-state index is 0.0309. The Morgan fingerprint density at radius 3 is 1.91 bits per heavy atom. The Morgan fingerprint density at radius 1 is 0.800 bits per heavy atom. The van der Waals surface area contributed by atoms with Crippen molar-refractivity contribution in [2.45, 2.75) is 49.8 Å². The van der Waals surface area contributed by atoms with E-state index in [0.717, 1.165) is 23.8 Å². The molecule has 4 rings (SSSR count). The lowest BCUT2D eigenvalue weighted by Crippen LogP contribution is -2.39. The summed E-state index contributed by atoms with van der Waals surface area (Å²) in [4.78, 5) is 39.9. The van der Waals surface area contributed by atoms with Crippen molar-refractivity contribution in [2.75, 3.05) is 13.2 Å². The van der Waals surface area contributed by atoms with Gasteiger partial charge in [0.15, 0.2) is 11.7 Å². The number of sulfonamides is 1. The molecular formula is C41H38Cl2F3NO7S. The summed E-state index contributed by atoms with van der Waals surface area (Å²) < 4.78 is 85.9. The molecule has 1 unspecified atom stereocenters. The van der Waals surface area contributed by atoms with E-state index in [9.17, 15) is 22.8 Å². The molecular weight excluding hydrogens is 778 g/mol. The number of esters is 2. The van der Waals surface area contributed by atoms with E-state index >= 15 is 13.2 Å². The van der Waals surface area contributed by atoms with Crippen LogP contribution in [-0.2, 0) is 48.2 Å². The van der Waals surface area contributed by atoms with Gasteiger partial charge in [0.1, 0.15) is 19.3 Å². The largest absolute Gasteiger partial charge is 0.461 e. The monoisotopic (exact) mass is 815 g/mol. The average Bonchev–Trinajstić information content (AvgIpc) is 3.16. The highest BCUT2D eigenvalue weighted by Crippen LogP contribution is 2.42. The molecule has 0 aromatic heterocycles. The van der Waals surface area contributed by atoms with E-state index in [1.165, 1.54) is 48.6 Å². The zero-order valence-corrected chi connectivity index (χ0v) is 32.2. The van der Waals surface area contributed by atoms with Crippen molar-refractivity contribution in [3.05, 3.63) is 160 Å². The van der Waals surface area contributed by atoms with Gasteiger partial charge in [0, 0.05) is 12.1 Å². The van der Waals surface area contributed by atoms with Crippen molar-refractivity contribution < 1.29 is 45.4 Å². The first kappa shape index (κ1) is 43.0. The number of hydrogen-bond donors (Lipinski definition) is 0. The summed E-state index contributed by atoms with van der Waals surface area (Å²) in [5.41, 5.74) is -0.989. The van der Waals surface area contributed by atoms with Gasteiger partial charge in [-0.1, -0.05) is 129 Å². The lowest BCUT2D eigenvalue weighted by atomic mass is 9.89. The van der Waals surface area contributed by atoms with Gasteiger partial charge in [-0.05, 0) is 58.9 Å². The zero-order valence-electron chi connectivity index (χ0n) is 29.9. The van der Waals surface area contributed by atoms with Crippen LogP contribution in [0.4, 0.5) is 13.2 Å². The summed E-state index contributed by atoms with van der Waals surface area (Å²) in [6, 6.07) is 18.3. The highest BCUT2D eigenvalue weighted by atomic mass is 35.5. The van der Waals surface area contributed by atoms with Gasteiger partial charge >= 0.3 is 18.1 Å². The number of ketones is 1. The molecule has 0 saturated heterocycles. The predicted octanol–water partition coefficient (Wildman–Crippen LogP) is 9.57. The number of hydrogen-bond acceptors (Lipinski definition) is 7. The Hall–Kier alpha value is -4.75. The van der Waals surface area contributed by atoms with Gasteiger partial charge in [0.2, 0.25) is 10.0 Å². The molecule has 0 saturated carbocycles. The molecule has 290 valence electrons. The molecule has 4 aromatic rings. The molecule has 0 aliphatic carbocycles. The van der Waals surface area contributed by atoms with Crippen molar-refractivity contribution in [3.8, 4) is 0 Å². The molecule has 8 nitrogen and oxygen atoms in total. The van der Waals surface area contributed by atoms with Crippen molar-refractivity contribution in [2.24, 2.45) is 5.92 Å². The van der Waals surface area contributed by atoms with Crippen LogP contribution in [0.5, 0.6) is 0 Å². The quantitative estimate of drug-likeness (QED) is 0.0452. The second kappa shape index (κ2) is 18.7. The molecule has 0 amide bonds. The Kier molecular flexibility index (Phi) is 14.6. The number of ether oxygens (including phenoxy) is 2. The maximum atomic E-state index is 15.3. The summed E-state index contributed by atoms with van der Waals surface area (Å²) in [5.74, 6) is -4.64. The van der Waals surface area contributed by atoms with Crippen molar-refractivity contribution in [1.29, 1.82) is 0 Å². The van der Waals surface area contributed by atoms with Crippen LogP contribution in [0.15, 0.2) is 121 Å². The lowest BCUT2D eigenvalue weighted by molar-refractivity contribution is -0.160. The first-order valence-corrected chi connectivity index (χ1v) is 19.1. The van der Waals surface area contributed by atoms with E-state index < -0.39 is 74.9 Å². The van der Waals surface area contributed by atoms with Crippen molar-refractivity contribution in [1.82, 2.24) is 4.31 Å². The van der Waals surface area contributed by atoms with Gasteiger partial charge in [-0.15, -0.1) is 0 Å². The van der Waals surface area contributed by atoms with Gasteiger partial charge in [0.05, 0.1) is 20.5 Å². The minimum atomic E-state index is -5.17. The smallest absolute Gasteiger partial charge is 0.416 e. The standard InChI is InChI=1S/C41H38Cl2F3NO7S/c1-5-20-53-39(49)33(40(50)54-21-6-2)22-28-14-18-32(34(23-28)41(44,45)46)37(38(48)30-10-8-7-9-11-30)47(25-27-12-15-29(16-13-27)26(3)4)55(51,52)31-17-19-35(42)36(43)24-31/h5-19,23-24,26,33,37H,1-2,20-22,25H2,3-4H3. The van der Waals surface area contributed by atoms with Crippen LogP contribution in [0.1, 0.15) is 64.0 Å². The summed E-state index contributed by atoms with van der Waals surface area (Å²) in [5, 5.41) is -0.105. The Labute approximate surface area is 328 Å². The average molecular weight is 817 g/mol. The van der Waals surface area contributed by atoms with Gasteiger partial charge in [0.25, 0.3) is 0 Å². The number of alkyl halides is 3. The van der Waals surface area contributed by atoms with Crippen molar-refractivity contribution in [3.63, 3.8) is 0 Å². The fraction of sp³-hybridized carbons (Fsp3) is 0.244. The molecule has 0 radical (unpaired) electrons. The van der Waals surface area contributed by atoms with Gasteiger partial charge < -0.3 is 9.47 Å². The number of nitrogens with zero attached hydrogens (tertiary/aromatic N) is 1. The molecule has 14 heteroatoms. The van der Waals surface area contributed by atoms with E-state index in [2.05, 4.69) is 13.2 Å². The van der Waals surface area contributed by atoms with Crippen LogP contribution in [0.3, 0.4) is 0 Å². The van der Waals surface area contributed by atoms with E-state index in [1.807, 2.05) is 13.8 Å². The normalized spacial score (nSPS) is 12.4. The molecule has 55 heavy (non-hydrogen) atoms. The first-order chi connectivity index (χ1) is 26.0. The minimum Gasteiger partial charge on any atom is -0.461 e. The summed E-state index contributed by atoms with van der Waals surface area (Å²) in [6.07, 6.45) is -3.25. The zero-order chi connectivity index (χ0) is 40.5. The summed E-state index contributed by atoms with van der Waals surface area (Å²) >= 11 is 12.3. The Morgan fingerprint density at radius 2 is 1.38 bits per heavy atom. The Bertz CT molecular complexity index is 2120. The van der Waals surface area contributed by atoms with Gasteiger partial charge in [-0.2, -0.15) is 17.5 Å². The fourth-order valence-electron chi connectivity index (χ4n) is 5.66. The predicted molar refractivity (Wildman–Crippen MR) is 204 cm³/mol. The van der Waals surface area contributed by atoms with E-state index in [1.54, 1.807) is 30.3 Å². The number of Topliss-reactive ketones (excluding diaryl/α,β-unsaturated/α-hetero) is 1. The highest BCUT2D eigenvalue weighted by molar-refractivity contribution is 7.89. The number of rotatable bonds is 17. The third-order valence-electron chi connectivity index (χ3n) is 8.49. The van der Waals surface area contributed by atoms with Crippen LogP contribution < -0.4 is 0 Å². The van der Waals surface area contributed by atoms with Crippen LogP contribution in [0, 0.1) is 5.92 Å². The SMILES string of the molecule is C=CCOC(=O)C(Cc1ccc(C(C(=O)c2ccccc2)N(Cc2ccc(C(C)C)cc2)S(=O)(=O)c2ccc(Cl)c(Cl)c2)c(C(F)(F)F)c1)C(=O)OCC=C.